The zero-order chi connectivity index (χ0) is 15.4. The third kappa shape index (κ3) is 4.08. The smallest absolute Gasteiger partial charge is 0.252 e. The summed E-state index contributed by atoms with van der Waals surface area (Å²) in [6.45, 7) is 4.09. The van der Waals surface area contributed by atoms with Crippen molar-refractivity contribution in [3.8, 4) is 0 Å². The third-order valence-electron chi connectivity index (χ3n) is 3.41. The highest BCUT2D eigenvalue weighted by Crippen LogP contribution is 2.22. The first kappa shape index (κ1) is 16.1. The van der Waals surface area contributed by atoms with Gasteiger partial charge in [0.05, 0.1) is 11.6 Å². The number of carbonyl (C=O) groups is 1. The number of carbonyl (C=O) groups excluding carboxylic acids is 1. The largest absolute Gasteiger partial charge is 0.345 e. The van der Waals surface area contributed by atoms with E-state index in [1.807, 2.05) is 6.92 Å². The fraction of sp³-hybridized carbons (Fsp3) is 0.235. The second kappa shape index (κ2) is 7.10. The molecular formula is C17H17BrClNO. The Morgan fingerprint density at radius 2 is 1.90 bits per heavy atom. The van der Waals surface area contributed by atoms with Gasteiger partial charge in [-0.3, -0.25) is 4.79 Å². The van der Waals surface area contributed by atoms with Crippen LogP contribution >= 0.6 is 27.5 Å². The lowest BCUT2D eigenvalue weighted by Crippen LogP contribution is -2.26. The molecule has 21 heavy (non-hydrogen) atoms. The molecule has 0 saturated carbocycles. The number of benzene rings is 2. The average molecular weight is 367 g/mol. The molecule has 2 nitrogen and oxygen atoms in total. The second-order valence-electron chi connectivity index (χ2n) is 4.91. The summed E-state index contributed by atoms with van der Waals surface area (Å²) in [5, 5.41) is 3.54. The Kier molecular flexibility index (Phi) is 5.43. The van der Waals surface area contributed by atoms with Gasteiger partial charge in [-0.2, -0.15) is 0 Å². The number of aryl methyl sites for hydroxylation is 1. The van der Waals surface area contributed by atoms with Crippen molar-refractivity contribution >= 4 is 33.4 Å². The molecule has 110 valence electrons. The van der Waals surface area contributed by atoms with Crippen LogP contribution in [-0.4, -0.2) is 5.91 Å². The van der Waals surface area contributed by atoms with Crippen LogP contribution in [0.25, 0.3) is 0 Å². The first-order chi connectivity index (χ1) is 10.0. The van der Waals surface area contributed by atoms with Crippen molar-refractivity contribution in [2.45, 2.75) is 26.3 Å². The Morgan fingerprint density at radius 3 is 2.52 bits per heavy atom. The van der Waals surface area contributed by atoms with Crippen LogP contribution in [-0.2, 0) is 6.42 Å². The van der Waals surface area contributed by atoms with Crippen molar-refractivity contribution in [1.82, 2.24) is 5.32 Å². The lowest BCUT2D eigenvalue weighted by molar-refractivity contribution is 0.0939. The van der Waals surface area contributed by atoms with E-state index in [0.29, 0.717) is 10.6 Å². The van der Waals surface area contributed by atoms with Gasteiger partial charge in [0.15, 0.2) is 0 Å². The normalized spacial score (nSPS) is 12.0. The molecule has 0 aromatic heterocycles. The Hall–Kier alpha value is -1.32. The van der Waals surface area contributed by atoms with Crippen LogP contribution in [0.1, 0.15) is 41.4 Å². The number of rotatable bonds is 4. The zero-order valence-corrected chi connectivity index (χ0v) is 14.3. The van der Waals surface area contributed by atoms with Gasteiger partial charge in [0.1, 0.15) is 0 Å². The van der Waals surface area contributed by atoms with E-state index in [4.69, 9.17) is 11.6 Å². The molecule has 1 amide bonds. The minimum atomic E-state index is -0.142. The van der Waals surface area contributed by atoms with Crippen LogP contribution in [0.15, 0.2) is 46.9 Å². The van der Waals surface area contributed by atoms with Gasteiger partial charge in [-0.25, -0.2) is 0 Å². The average Bonchev–Trinajstić information content (AvgIpc) is 2.49. The topological polar surface area (TPSA) is 29.1 Å². The van der Waals surface area contributed by atoms with E-state index in [2.05, 4.69) is 52.4 Å². The molecule has 2 aromatic rings. The molecular weight excluding hydrogens is 350 g/mol. The molecule has 0 heterocycles. The molecule has 1 unspecified atom stereocenters. The molecule has 0 spiro atoms. The fourth-order valence-electron chi connectivity index (χ4n) is 2.07. The zero-order valence-electron chi connectivity index (χ0n) is 12.0. The summed E-state index contributed by atoms with van der Waals surface area (Å²) in [6.07, 6.45) is 1.01. The number of nitrogens with one attached hydrogen (secondary N) is 1. The van der Waals surface area contributed by atoms with Crippen molar-refractivity contribution in [2.75, 3.05) is 0 Å². The molecule has 0 aliphatic heterocycles. The summed E-state index contributed by atoms with van der Waals surface area (Å²) >= 11 is 9.32. The van der Waals surface area contributed by atoms with Gasteiger partial charge in [-0.15, -0.1) is 0 Å². The summed E-state index contributed by atoms with van der Waals surface area (Å²) in [5.74, 6) is -0.142. The van der Waals surface area contributed by atoms with Gasteiger partial charge in [0.2, 0.25) is 0 Å². The van der Waals surface area contributed by atoms with Crippen LogP contribution in [0.4, 0.5) is 0 Å². The van der Waals surface area contributed by atoms with Crippen LogP contribution in [0.5, 0.6) is 0 Å². The van der Waals surface area contributed by atoms with E-state index < -0.39 is 0 Å². The van der Waals surface area contributed by atoms with Crippen molar-refractivity contribution in [1.29, 1.82) is 0 Å². The summed E-state index contributed by atoms with van der Waals surface area (Å²) < 4.78 is 0.734. The molecule has 0 saturated heterocycles. The Balaban J connectivity index is 2.12. The highest BCUT2D eigenvalue weighted by molar-refractivity contribution is 9.10. The minimum Gasteiger partial charge on any atom is -0.345 e. The maximum Gasteiger partial charge on any atom is 0.252 e. The monoisotopic (exact) mass is 365 g/mol. The van der Waals surface area contributed by atoms with Gasteiger partial charge < -0.3 is 5.32 Å². The maximum absolute atomic E-state index is 12.3. The Labute approximate surface area is 138 Å². The molecule has 0 aliphatic carbocycles. The lowest BCUT2D eigenvalue weighted by Gasteiger charge is -2.15. The summed E-state index contributed by atoms with van der Waals surface area (Å²) in [7, 11) is 0. The molecule has 1 N–H and O–H groups in total. The summed E-state index contributed by atoms with van der Waals surface area (Å²) in [5.41, 5.74) is 2.91. The molecule has 4 heteroatoms. The third-order valence-corrected chi connectivity index (χ3v) is 4.34. The highest BCUT2D eigenvalue weighted by atomic mass is 79.9. The van der Waals surface area contributed by atoms with Crippen LogP contribution in [0.3, 0.4) is 0 Å². The SMILES string of the molecule is CCc1ccc(C(C)NC(=O)c2cc(Cl)ccc2Br)cc1. The molecule has 1 atom stereocenters. The Morgan fingerprint density at radius 1 is 1.24 bits per heavy atom. The van der Waals surface area contributed by atoms with E-state index in [1.54, 1.807) is 18.2 Å². The van der Waals surface area contributed by atoms with E-state index in [1.165, 1.54) is 5.56 Å². The van der Waals surface area contributed by atoms with Crippen LogP contribution in [0, 0.1) is 0 Å². The van der Waals surface area contributed by atoms with E-state index in [9.17, 15) is 4.79 Å². The molecule has 0 bridgehead atoms. The highest BCUT2D eigenvalue weighted by Gasteiger charge is 2.14. The quantitative estimate of drug-likeness (QED) is 0.796. The first-order valence-corrected chi connectivity index (χ1v) is 8.03. The predicted molar refractivity (Wildman–Crippen MR) is 90.9 cm³/mol. The van der Waals surface area contributed by atoms with Crippen molar-refractivity contribution < 1.29 is 4.79 Å². The molecule has 2 aromatic carbocycles. The summed E-state index contributed by atoms with van der Waals surface area (Å²) in [6, 6.07) is 13.4. The van der Waals surface area contributed by atoms with Gasteiger partial charge in [-0.1, -0.05) is 42.8 Å². The van der Waals surface area contributed by atoms with Crippen LogP contribution in [0.2, 0.25) is 5.02 Å². The number of amides is 1. The molecule has 0 fully saturated rings. The van der Waals surface area contributed by atoms with Gasteiger partial charge in [0, 0.05) is 9.50 Å². The summed E-state index contributed by atoms with van der Waals surface area (Å²) in [4.78, 5) is 12.3. The predicted octanol–water partition coefficient (Wildman–Crippen LogP) is 5.16. The standard InChI is InChI=1S/C17H17BrClNO/c1-3-12-4-6-13(7-5-12)11(2)20-17(21)15-10-14(19)8-9-16(15)18/h4-11H,3H2,1-2H3,(H,20,21). The van der Waals surface area contributed by atoms with Gasteiger partial charge >= 0.3 is 0 Å². The van der Waals surface area contributed by atoms with Gasteiger partial charge in [-0.05, 0) is 58.6 Å². The number of hydrogen-bond donors (Lipinski definition) is 1. The van der Waals surface area contributed by atoms with Crippen molar-refractivity contribution in [3.05, 3.63) is 68.7 Å². The second-order valence-corrected chi connectivity index (χ2v) is 6.21. The Bertz CT molecular complexity index is 640. The first-order valence-electron chi connectivity index (χ1n) is 6.86. The molecule has 0 radical (unpaired) electrons. The van der Waals surface area contributed by atoms with E-state index >= 15 is 0 Å². The lowest BCUT2D eigenvalue weighted by atomic mass is 10.0. The number of halogens is 2. The minimum absolute atomic E-state index is 0.0608. The van der Waals surface area contributed by atoms with Crippen LogP contribution < -0.4 is 5.32 Å². The van der Waals surface area contributed by atoms with E-state index in [0.717, 1.165) is 16.5 Å². The fourth-order valence-corrected chi connectivity index (χ4v) is 2.67. The van der Waals surface area contributed by atoms with Crippen molar-refractivity contribution in [3.63, 3.8) is 0 Å². The maximum atomic E-state index is 12.3. The van der Waals surface area contributed by atoms with Gasteiger partial charge in [0.25, 0.3) is 5.91 Å². The van der Waals surface area contributed by atoms with Crippen molar-refractivity contribution in [2.24, 2.45) is 0 Å². The van der Waals surface area contributed by atoms with E-state index in [-0.39, 0.29) is 11.9 Å². The molecule has 2 rings (SSSR count). The molecule has 0 aliphatic rings. The number of hydrogen-bond acceptors (Lipinski definition) is 1.